The number of hydrogen-bond acceptors (Lipinski definition) is 3. The van der Waals surface area contributed by atoms with Gasteiger partial charge in [0.15, 0.2) is 5.75 Å². The minimum absolute atomic E-state index is 0.0293. The van der Waals surface area contributed by atoms with Crippen LogP contribution in [0.25, 0.3) is 0 Å². The van der Waals surface area contributed by atoms with E-state index in [1.807, 2.05) is 0 Å². The number of aromatic hydroxyl groups is 1. The first kappa shape index (κ1) is 14.7. The van der Waals surface area contributed by atoms with Gasteiger partial charge in [0.1, 0.15) is 0 Å². The lowest BCUT2D eigenvalue weighted by atomic mass is 10.00. The molecule has 4 nitrogen and oxygen atoms in total. The molecule has 1 heterocycles. The maximum absolute atomic E-state index is 12.5. The van der Waals surface area contributed by atoms with E-state index in [4.69, 9.17) is 23.2 Å². The van der Waals surface area contributed by atoms with Crippen LogP contribution >= 0.6 is 23.2 Å². The lowest BCUT2D eigenvalue weighted by Crippen LogP contribution is -2.32. The number of amides is 2. The summed E-state index contributed by atoms with van der Waals surface area (Å²) in [5.41, 5.74) is 0.334. The maximum Gasteiger partial charge on any atom is 0.237 e. The molecule has 1 N–H and O–H groups in total. The average molecular weight is 328 g/mol. The number of halogens is 2. The van der Waals surface area contributed by atoms with Crippen LogP contribution in [0.15, 0.2) is 12.1 Å². The molecule has 0 bridgehead atoms. The fourth-order valence-electron chi connectivity index (χ4n) is 3.40. The second kappa shape index (κ2) is 5.18. The number of benzene rings is 1. The number of hydrogen-bond donors (Lipinski definition) is 1. The summed E-state index contributed by atoms with van der Waals surface area (Å²) < 4.78 is 0. The summed E-state index contributed by atoms with van der Waals surface area (Å²) in [5.74, 6) is -0.616. The van der Waals surface area contributed by atoms with Gasteiger partial charge in [-0.05, 0) is 30.9 Å². The molecule has 21 heavy (non-hydrogen) atoms. The van der Waals surface area contributed by atoms with Gasteiger partial charge in [-0.2, -0.15) is 0 Å². The van der Waals surface area contributed by atoms with Crippen molar-refractivity contribution in [2.24, 2.45) is 17.8 Å². The topological polar surface area (TPSA) is 57.6 Å². The summed E-state index contributed by atoms with van der Waals surface area (Å²) in [5, 5.41) is 9.64. The van der Waals surface area contributed by atoms with Crippen molar-refractivity contribution in [3.8, 4) is 5.75 Å². The van der Waals surface area contributed by atoms with Gasteiger partial charge in [-0.1, -0.05) is 36.5 Å². The highest BCUT2D eigenvalue weighted by atomic mass is 35.5. The van der Waals surface area contributed by atoms with Crippen LogP contribution < -0.4 is 4.90 Å². The van der Waals surface area contributed by atoms with Crippen LogP contribution in [0.4, 0.5) is 5.69 Å². The lowest BCUT2D eigenvalue weighted by Gasteiger charge is -2.18. The van der Waals surface area contributed by atoms with E-state index >= 15 is 0 Å². The van der Waals surface area contributed by atoms with Gasteiger partial charge in [0.2, 0.25) is 11.8 Å². The fourth-order valence-corrected chi connectivity index (χ4v) is 3.87. The Balaban J connectivity index is 1.95. The van der Waals surface area contributed by atoms with Gasteiger partial charge in [0, 0.05) is 0 Å². The Bertz CT molecular complexity index is 584. The van der Waals surface area contributed by atoms with Gasteiger partial charge in [-0.3, -0.25) is 9.59 Å². The molecular formula is C15H15Cl2NO3. The molecule has 1 aliphatic carbocycles. The number of anilines is 1. The van der Waals surface area contributed by atoms with Crippen molar-refractivity contribution >= 4 is 40.7 Å². The third-order valence-electron chi connectivity index (χ3n) is 4.57. The molecule has 0 aromatic heterocycles. The molecule has 2 aliphatic rings. The van der Waals surface area contributed by atoms with Crippen molar-refractivity contribution < 1.29 is 14.7 Å². The molecule has 3 rings (SSSR count). The number of phenolic OH excluding ortho intramolecular Hbond substituents is 1. The molecule has 1 aliphatic heterocycles. The van der Waals surface area contributed by atoms with E-state index in [-0.39, 0.29) is 39.4 Å². The van der Waals surface area contributed by atoms with Gasteiger partial charge >= 0.3 is 0 Å². The molecule has 2 amide bonds. The summed E-state index contributed by atoms with van der Waals surface area (Å²) in [6.45, 7) is 2.08. The van der Waals surface area contributed by atoms with Gasteiger partial charge < -0.3 is 5.11 Å². The number of rotatable bonds is 2. The molecule has 0 spiro atoms. The Kier molecular flexibility index (Phi) is 3.62. The van der Waals surface area contributed by atoms with Crippen LogP contribution in [0.3, 0.4) is 0 Å². The summed E-state index contributed by atoms with van der Waals surface area (Å²) in [7, 11) is 0. The zero-order valence-corrected chi connectivity index (χ0v) is 13.0. The minimum Gasteiger partial charge on any atom is -0.505 e. The summed E-state index contributed by atoms with van der Waals surface area (Å²) >= 11 is 11.8. The largest absolute Gasteiger partial charge is 0.505 e. The van der Waals surface area contributed by atoms with Gasteiger partial charge in [-0.15, -0.1) is 0 Å². The van der Waals surface area contributed by atoms with Crippen LogP contribution in [0, 0.1) is 17.8 Å². The normalized spacial score (nSPS) is 28.3. The van der Waals surface area contributed by atoms with E-state index in [0.29, 0.717) is 11.6 Å². The zero-order chi connectivity index (χ0) is 15.3. The Morgan fingerprint density at radius 1 is 1.14 bits per heavy atom. The molecular weight excluding hydrogens is 313 g/mol. The van der Waals surface area contributed by atoms with E-state index < -0.39 is 0 Å². The first-order chi connectivity index (χ1) is 9.93. The van der Waals surface area contributed by atoms with Crippen LogP contribution in [0.5, 0.6) is 5.75 Å². The van der Waals surface area contributed by atoms with Crippen molar-refractivity contribution in [3.63, 3.8) is 0 Å². The van der Waals surface area contributed by atoms with Crippen molar-refractivity contribution in [3.05, 3.63) is 22.2 Å². The van der Waals surface area contributed by atoms with Crippen molar-refractivity contribution in [1.82, 2.24) is 0 Å². The summed E-state index contributed by atoms with van der Waals surface area (Å²) in [6.07, 6.45) is 2.52. The zero-order valence-electron chi connectivity index (χ0n) is 11.5. The molecule has 1 saturated heterocycles. The monoisotopic (exact) mass is 327 g/mol. The molecule has 1 aromatic carbocycles. The Morgan fingerprint density at radius 3 is 2.05 bits per heavy atom. The van der Waals surface area contributed by atoms with Crippen molar-refractivity contribution in [1.29, 1.82) is 0 Å². The first-order valence-electron chi connectivity index (χ1n) is 6.99. The number of phenols is 1. The van der Waals surface area contributed by atoms with Crippen LogP contribution in [-0.4, -0.2) is 16.9 Å². The average Bonchev–Trinajstić information content (AvgIpc) is 2.96. The van der Waals surface area contributed by atoms with Crippen molar-refractivity contribution in [2.45, 2.75) is 26.2 Å². The predicted octanol–water partition coefficient (Wildman–Crippen LogP) is 3.62. The van der Waals surface area contributed by atoms with Crippen LogP contribution in [0.2, 0.25) is 10.0 Å². The van der Waals surface area contributed by atoms with E-state index in [0.717, 1.165) is 19.3 Å². The SMILES string of the molecule is CCC1CC2C(=O)N(c3cc(Cl)c(O)c(Cl)c3)C(=O)C2C1. The fraction of sp³-hybridized carbons (Fsp3) is 0.467. The highest BCUT2D eigenvalue weighted by Gasteiger charge is 2.52. The van der Waals surface area contributed by atoms with E-state index in [1.165, 1.54) is 17.0 Å². The Morgan fingerprint density at radius 2 is 1.62 bits per heavy atom. The van der Waals surface area contributed by atoms with E-state index in [1.54, 1.807) is 0 Å². The lowest BCUT2D eigenvalue weighted by molar-refractivity contribution is -0.123. The third kappa shape index (κ3) is 2.21. The molecule has 1 aromatic rings. The first-order valence-corrected chi connectivity index (χ1v) is 7.75. The molecule has 2 atom stereocenters. The van der Waals surface area contributed by atoms with Gasteiger partial charge in [0.05, 0.1) is 27.6 Å². The van der Waals surface area contributed by atoms with Crippen LogP contribution in [0.1, 0.15) is 26.2 Å². The third-order valence-corrected chi connectivity index (χ3v) is 5.15. The number of carbonyl (C=O) groups excluding carboxylic acids is 2. The van der Waals surface area contributed by atoms with Crippen LogP contribution in [-0.2, 0) is 9.59 Å². The molecule has 6 heteroatoms. The number of nitrogens with zero attached hydrogens (tertiary/aromatic N) is 1. The number of carbonyl (C=O) groups is 2. The highest BCUT2D eigenvalue weighted by Crippen LogP contribution is 2.46. The Labute approximate surface area is 132 Å². The van der Waals surface area contributed by atoms with E-state index in [9.17, 15) is 14.7 Å². The second-order valence-corrected chi connectivity index (χ2v) is 6.54. The number of fused-ring (bicyclic) bond motifs is 1. The van der Waals surface area contributed by atoms with Crippen molar-refractivity contribution in [2.75, 3.05) is 4.90 Å². The standard InChI is InChI=1S/C15H15Cl2NO3/c1-2-7-3-9-10(4-7)15(21)18(14(9)20)8-5-11(16)13(19)12(17)6-8/h5-7,9-10,19H,2-4H2,1H3. The molecule has 2 fully saturated rings. The highest BCUT2D eigenvalue weighted by molar-refractivity contribution is 6.38. The summed E-state index contributed by atoms with van der Waals surface area (Å²) in [6, 6.07) is 2.80. The smallest absolute Gasteiger partial charge is 0.237 e. The maximum atomic E-state index is 12.5. The summed E-state index contributed by atoms with van der Waals surface area (Å²) in [4.78, 5) is 26.2. The Hall–Kier alpha value is -1.26. The van der Waals surface area contributed by atoms with Gasteiger partial charge in [-0.25, -0.2) is 4.90 Å². The number of imide groups is 1. The molecule has 112 valence electrons. The second-order valence-electron chi connectivity index (χ2n) is 5.73. The minimum atomic E-state index is -0.243. The molecule has 1 saturated carbocycles. The molecule has 0 radical (unpaired) electrons. The predicted molar refractivity (Wildman–Crippen MR) is 80.6 cm³/mol. The van der Waals surface area contributed by atoms with E-state index in [2.05, 4.69) is 6.92 Å². The molecule has 2 unspecified atom stereocenters. The van der Waals surface area contributed by atoms with Gasteiger partial charge in [0.25, 0.3) is 0 Å². The quantitative estimate of drug-likeness (QED) is 0.844.